The average molecular weight is 373 g/mol. The van der Waals surface area contributed by atoms with Gasteiger partial charge in [0.05, 0.1) is 12.2 Å². The second-order valence-electron chi connectivity index (χ2n) is 4.83. The van der Waals surface area contributed by atoms with E-state index in [2.05, 4.69) is 20.9 Å². The lowest BCUT2D eigenvalue weighted by Crippen LogP contribution is -2.05. The molecule has 0 saturated carbocycles. The molecule has 0 N–H and O–H groups in total. The Morgan fingerprint density at radius 2 is 2.04 bits per heavy atom. The van der Waals surface area contributed by atoms with E-state index in [1.807, 2.05) is 24.3 Å². The molecule has 0 aliphatic rings. The number of nitrogens with zero attached hydrogens (tertiary/aromatic N) is 2. The molecule has 0 saturated heterocycles. The molecule has 116 valence electrons. The number of carbonyl (C=O) groups excluding carboxylic acids is 2. The Bertz CT molecular complexity index is 885. The number of hydrogen-bond acceptors (Lipinski definition) is 4. The van der Waals surface area contributed by atoms with Crippen molar-refractivity contribution in [1.29, 1.82) is 0 Å². The third-order valence-corrected chi connectivity index (χ3v) is 3.93. The third kappa shape index (κ3) is 2.90. The summed E-state index contributed by atoms with van der Waals surface area (Å²) in [7, 11) is 0. The Morgan fingerprint density at radius 3 is 2.70 bits per heavy atom. The number of aromatic nitrogens is 2. The van der Waals surface area contributed by atoms with Gasteiger partial charge in [-0.25, -0.2) is 9.78 Å². The van der Waals surface area contributed by atoms with Gasteiger partial charge < -0.3 is 4.74 Å². The second kappa shape index (κ2) is 6.34. The molecule has 5 nitrogen and oxygen atoms in total. The number of carbonyl (C=O) groups is 2. The maximum Gasteiger partial charge on any atom is 0.338 e. The lowest BCUT2D eigenvalue weighted by Gasteiger charge is -2.02. The number of ether oxygens (including phenoxy) is 1. The highest BCUT2D eigenvalue weighted by molar-refractivity contribution is 9.10. The number of aldehydes is 1. The van der Waals surface area contributed by atoms with Crippen molar-refractivity contribution in [3.63, 3.8) is 0 Å². The lowest BCUT2D eigenvalue weighted by molar-refractivity contribution is 0.0526. The van der Waals surface area contributed by atoms with Crippen LogP contribution in [0.2, 0.25) is 0 Å². The molecule has 0 aliphatic heterocycles. The first kappa shape index (κ1) is 15.4. The van der Waals surface area contributed by atoms with Gasteiger partial charge in [0, 0.05) is 16.2 Å². The molecule has 0 amide bonds. The number of imidazole rings is 1. The molecule has 6 heteroatoms. The Labute approximate surface area is 141 Å². The number of halogens is 1. The monoisotopic (exact) mass is 372 g/mol. The van der Waals surface area contributed by atoms with Crippen LogP contribution >= 0.6 is 15.9 Å². The summed E-state index contributed by atoms with van der Waals surface area (Å²) in [4.78, 5) is 27.8. The van der Waals surface area contributed by atoms with Crippen molar-refractivity contribution in [2.24, 2.45) is 0 Å². The molecular formula is C17H13BrN2O3. The van der Waals surface area contributed by atoms with Gasteiger partial charge in [0.2, 0.25) is 0 Å². The normalized spacial score (nSPS) is 10.7. The van der Waals surface area contributed by atoms with Crippen molar-refractivity contribution in [2.45, 2.75) is 6.92 Å². The van der Waals surface area contributed by atoms with Gasteiger partial charge in [-0.3, -0.25) is 9.20 Å². The Balaban J connectivity index is 2.14. The minimum atomic E-state index is -0.407. The zero-order valence-corrected chi connectivity index (χ0v) is 13.9. The highest BCUT2D eigenvalue weighted by Crippen LogP contribution is 2.25. The molecule has 0 unspecified atom stereocenters. The van der Waals surface area contributed by atoms with E-state index in [0.717, 1.165) is 16.3 Å². The summed E-state index contributed by atoms with van der Waals surface area (Å²) < 4.78 is 7.59. The summed E-state index contributed by atoms with van der Waals surface area (Å²) in [6, 6.07) is 10.8. The van der Waals surface area contributed by atoms with Crippen molar-refractivity contribution in [3.05, 3.63) is 58.3 Å². The summed E-state index contributed by atoms with van der Waals surface area (Å²) in [6.07, 6.45) is 2.42. The third-order valence-electron chi connectivity index (χ3n) is 3.40. The average Bonchev–Trinajstić information content (AvgIpc) is 2.93. The maximum absolute atomic E-state index is 11.8. The second-order valence-corrected chi connectivity index (χ2v) is 5.75. The standard InChI is InChI=1S/C17H13BrN2O3/c1-2-23-17(22)12-7-8-20-14(10-21)16(19-15(20)9-12)11-3-5-13(18)6-4-11/h3-10H,2H2,1H3. The van der Waals surface area contributed by atoms with Crippen LogP contribution in [0.1, 0.15) is 27.8 Å². The van der Waals surface area contributed by atoms with E-state index in [1.165, 1.54) is 0 Å². The van der Waals surface area contributed by atoms with Gasteiger partial charge in [-0.15, -0.1) is 0 Å². The quantitative estimate of drug-likeness (QED) is 0.516. The molecule has 0 spiro atoms. The molecule has 3 aromatic rings. The molecular weight excluding hydrogens is 360 g/mol. The SMILES string of the molecule is CCOC(=O)c1ccn2c(C=O)c(-c3ccc(Br)cc3)nc2c1. The van der Waals surface area contributed by atoms with Crippen molar-refractivity contribution in [1.82, 2.24) is 9.38 Å². The molecule has 2 heterocycles. The number of pyridine rings is 1. The topological polar surface area (TPSA) is 60.7 Å². The predicted molar refractivity (Wildman–Crippen MR) is 89.7 cm³/mol. The number of rotatable bonds is 4. The zero-order valence-electron chi connectivity index (χ0n) is 12.3. The van der Waals surface area contributed by atoms with Gasteiger partial charge in [-0.2, -0.15) is 0 Å². The smallest absolute Gasteiger partial charge is 0.338 e. The van der Waals surface area contributed by atoms with Crippen LogP contribution in [0.15, 0.2) is 47.1 Å². The van der Waals surface area contributed by atoms with Crippen LogP contribution in [0.25, 0.3) is 16.9 Å². The number of benzene rings is 1. The van der Waals surface area contributed by atoms with Gasteiger partial charge in [0.25, 0.3) is 0 Å². The maximum atomic E-state index is 11.8. The molecule has 23 heavy (non-hydrogen) atoms. The van der Waals surface area contributed by atoms with E-state index in [4.69, 9.17) is 4.74 Å². The van der Waals surface area contributed by atoms with Crippen LogP contribution in [-0.2, 0) is 4.74 Å². The Kier molecular flexibility index (Phi) is 4.25. The van der Waals surface area contributed by atoms with Gasteiger partial charge in [-0.1, -0.05) is 28.1 Å². The summed E-state index contributed by atoms with van der Waals surface area (Å²) in [5, 5.41) is 0. The minimum Gasteiger partial charge on any atom is -0.462 e. The summed E-state index contributed by atoms with van der Waals surface area (Å²) in [6.45, 7) is 2.06. The first-order valence-electron chi connectivity index (χ1n) is 7.04. The number of hydrogen-bond donors (Lipinski definition) is 0. The molecule has 3 rings (SSSR count). The van der Waals surface area contributed by atoms with Crippen molar-refractivity contribution >= 4 is 33.8 Å². The Hall–Kier alpha value is -2.47. The van der Waals surface area contributed by atoms with E-state index in [1.54, 1.807) is 29.7 Å². The number of esters is 1. The first-order chi connectivity index (χ1) is 11.1. The molecule has 0 atom stereocenters. The fourth-order valence-electron chi connectivity index (χ4n) is 2.34. The predicted octanol–water partition coefficient (Wildman–Crippen LogP) is 3.75. The van der Waals surface area contributed by atoms with Crippen LogP contribution in [0.5, 0.6) is 0 Å². The molecule has 0 radical (unpaired) electrons. The zero-order chi connectivity index (χ0) is 16.4. The molecule has 2 aromatic heterocycles. The van der Waals surface area contributed by atoms with Gasteiger partial charge in [0.1, 0.15) is 17.0 Å². The van der Waals surface area contributed by atoms with E-state index in [-0.39, 0.29) is 0 Å². The molecule has 0 bridgehead atoms. The first-order valence-corrected chi connectivity index (χ1v) is 7.83. The lowest BCUT2D eigenvalue weighted by atomic mass is 10.1. The fraction of sp³-hybridized carbons (Fsp3) is 0.118. The van der Waals surface area contributed by atoms with E-state index >= 15 is 0 Å². The fourth-order valence-corrected chi connectivity index (χ4v) is 2.60. The summed E-state index contributed by atoms with van der Waals surface area (Å²) in [5.41, 5.74) is 2.78. The highest BCUT2D eigenvalue weighted by atomic mass is 79.9. The van der Waals surface area contributed by atoms with Crippen LogP contribution in [0.3, 0.4) is 0 Å². The van der Waals surface area contributed by atoms with Crippen LogP contribution in [0.4, 0.5) is 0 Å². The van der Waals surface area contributed by atoms with Gasteiger partial charge in [-0.05, 0) is 31.2 Å². The summed E-state index contributed by atoms with van der Waals surface area (Å²) >= 11 is 3.38. The van der Waals surface area contributed by atoms with Crippen molar-refractivity contribution in [3.8, 4) is 11.3 Å². The molecule has 1 aromatic carbocycles. The van der Waals surface area contributed by atoms with E-state index < -0.39 is 5.97 Å². The van der Waals surface area contributed by atoms with E-state index in [0.29, 0.717) is 29.2 Å². The van der Waals surface area contributed by atoms with Crippen LogP contribution < -0.4 is 0 Å². The van der Waals surface area contributed by atoms with Gasteiger partial charge >= 0.3 is 5.97 Å². The van der Waals surface area contributed by atoms with Gasteiger partial charge in [0.15, 0.2) is 6.29 Å². The van der Waals surface area contributed by atoms with E-state index in [9.17, 15) is 9.59 Å². The van der Waals surface area contributed by atoms with Crippen LogP contribution in [0, 0.1) is 0 Å². The van der Waals surface area contributed by atoms with Crippen molar-refractivity contribution in [2.75, 3.05) is 6.61 Å². The highest BCUT2D eigenvalue weighted by Gasteiger charge is 2.15. The molecule has 0 fully saturated rings. The summed E-state index contributed by atoms with van der Waals surface area (Å²) in [5.74, 6) is -0.407. The largest absolute Gasteiger partial charge is 0.462 e. The molecule has 0 aliphatic carbocycles. The Morgan fingerprint density at radius 1 is 1.30 bits per heavy atom. The minimum absolute atomic E-state index is 0.308. The number of fused-ring (bicyclic) bond motifs is 1. The van der Waals surface area contributed by atoms with Crippen LogP contribution in [-0.4, -0.2) is 28.2 Å². The van der Waals surface area contributed by atoms with Crippen molar-refractivity contribution < 1.29 is 14.3 Å².